The summed E-state index contributed by atoms with van der Waals surface area (Å²) in [4.78, 5) is 9.96. The summed E-state index contributed by atoms with van der Waals surface area (Å²) < 4.78 is 5.58. The number of morpholine rings is 1. The number of aliphatic imine (C=N–C) groups is 1. The first-order valence-electron chi connectivity index (χ1n) is 11.5. The van der Waals surface area contributed by atoms with Gasteiger partial charge in [-0.25, -0.2) is 0 Å². The molecule has 2 N–H and O–H groups in total. The second-order valence-electron chi connectivity index (χ2n) is 8.21. The predicted octanol–water partition coefficient (Wildman–Crippen LogP) is 2.89. The summed E-state index contributed by atoms with van der Waals surface area (Å²) in [5.41, 5.74) is 2.62. The number of guanidine groups is 1. The van der Waals surface area contributed by atoms with E-state index in [0.29, 0.717) is 6.04 Å². The van der Waals surface area contributed by atoms with E-state index in [-0.39, 0.29) is 6.04 Å². The molecule has 0 amide bonds. The Morgan fingerprint density at radius 3 is 2.45 bits per heavy atom. The summed E-state index contributed by atoms with van der Waals surface area (Å²) in [6, 6.07) is 22.1. The van der Waals surface area contributed by atoms with E-state index in [1.165, 1.54) is 11.3 Å². The SMILES string of the molecule is CCNC(=NCC(c1ccccc1)N1CCOCC1)NC1CCN(c2ccccc2)C1. The fraction of sp³-hybridized carbons (Fsp3) is 0.480. The number of ether oxygens (including phenoxy) is 1. The molecule has 2 atom stereocenters. The van der Waals surface area contributed by atoms with Crippen molar-refractivity contribution in [2.75, 3.05) is 57.4 Å². The van der Waals surface area contributed by atoms with E-state index in [9.17, 15) is 0 Å². The summed E-state index contributed by atoms with van der Waals surface area (Å²) in [7, 11) is 0. The molecule has 2 aromatic rings. The fourth-order valence-corrected chi connectivity index (χ4v) is 4.44. The standard InChI is InChI=1S/C25H35N5O/c1-2-26-25(28-22-13-14-30(20-22)23-11-7-4-8-12-23)27-19-24(21-9-5-3-6-10-21)29-15-17-31-18-16-29/h3-12,22,24H,2,13-20H2,1H3,(H2,26,27,28). The van der Waals surface area contributed by atoms with Gasteiger partial charge in [-0.05, 0) is 31.0 Å². The van der Waals surface area contributed by atoms with E-state index >= 15 is 0 Å². The van der Waals surface area contributed by atoms with Gasteiger partial charge in [0.15, 0.2) is 5.96 Å². The Bertz CT molecular complexity index is 807. The van der Waals surface area contributed by atoms with Crippen LogP contribution in [0, 0.1) is 0 Å². The van der Waals surface area contributed by atoms with Gasteiger partial charge in [0.2, 0.25) is 0 Å². The minimum absolute atomic E-state index is 0.268. The first-order valence-corrected chi connectivity index (χ1v) is 11.5. The third-order valence-electron chi connectivity index (χ3n) is 6.09. The van der Waals surface area contributed by atoms with Gasteiger partial charge in [0.1, 0.15) is 0 Å². The number of anilines is 1. The Balaban J connectivity index is 1.42. The van der Waals surface area contributed by atoms with E-state index < -0.39 is 0 Å². The van der Waals surface area contributed by atoms with Crippen LogP contribution in [0.5, 0.6) is 0 Å². The maximum absolute atomic E-state index is 5.58. The van der Waals surface area contributed by atoms with Crippen LogP contribution in [0.2, 0.25) is 0 Å². The van der Waals surface area contributed by atoms with Crippen LogP contribution in [0.3, 0.4) is 0 Å². The Kier molecular flexibility index (Phi) is 7.80. The highest BCUT2D eigenvalue weighted by atomic mass is 16.5. The molecule has 0 aromatic heterocycles. The lowest BCUT2D eigenvalue weighted by Crippen LogP contribution is -2.45. The van der Waals surface area contributed by atoms with Crippen LogP contribution in [-0.2, 0) is 4.74 Å². The lowest BCUT2D eigenvalue weighted by atomic mass is 10.0. The molecule has 2 saturated heterocycles. The van der Waals surface area contributed by atoms with Gasteiger partial charge >= 0.3 is 0 Å². The fourth-order valence-electron chi connectivity index (χ4n) is 4.44. The van der Waals surface area contributed by atoms with Crippen LogP contribution < -0.4 is 15.5 Å². The topological polar surface area (TPSA) is 52.1 Å². The Morgan fingerprint density at radius 2 is 1.74 bits per heavy atom. The summed E-state index contributed by atoms with van der Waals surface area (Å²) in [5.74, 6) is 0.914. The highest BCUT2D eigenvalue weighted by Crippen LogP contribution is 2.23. The minimum Gasteiger partial charge on any atom is -0.379 e. The van der Waals surface area contributed by atoms with Crippen molar-refractivity contribution in [2.24, 2.45) is 4.99 Å². The van der Waals surface area contributed by atoms with Gasteiger partial charge in [0, 0.05) is 44.5 Å². The molecule has 0 aliphatic carbocycles. The number of rotatable bonds is 7. The molecule has 2 aromatic carbocycles. The van der Waals surface area contributed by atoms with E-state index in [2.05, 4.69) is 88.0 Å². The molecular weight excluding hydrogens is 386 g/mol. The molecule has 4 rings (SSSR count). The van der Waals surface area contributed by atoms with E-state index in [1.54, 1.807) is 0 Å². The van der Waals surface area contributed by atoms with Crippen molar-refractivity contribution in [1.29, 1.82) is 0 Å². The van der Waals surface area contributed by atoms with Crippen molar-refractivity contribution in [3.05, 3.63) is 66.2 Å². The van der Waals surface area contributed by atoms with Crippen LogP contribution in [0.15, 0.2) is 65.7 Å². The molecule has 0 saturated carbocycles. The molecule has 31 heavy (non-hydrogen) atoms. The predicted molar refractivity (Wildman–Crippen MR) is 128 cm³/mol. The third kappa shape index (κ3) is 5.99. The van der Waals surface area contributed by atoms with Crippen molar-refractivity contribution < 1.29 is 4.74 Å². The highest BCUT2D eigenvalue weighted by Gasteiger charge is 2.25. The van der Waals surface area contributed by atoms with Gasteiger partial charge in [0.25, 0.3) is 0 Å². The van der Waals surface area contributed by atoms with Crippen molar-refractivity contribution in [1.82, 2.24) is 15.5 Å². The number of nitrogens with zero attached hydrogens (tertiary/aromatic N) is 3. The lowest BCUT2D eigenvalue weighted by molar-refractivity contribution is 0.0179. The second-order valence-corrected chi connectivity index (χ2v) is 8.21. The molecule has 2 unspecified atom stereocenters. The van der Waals surface area contributed by atoms with Crippen LogP contribution in [0.25, 0.3) is 0 Å². The second kappa shape index (κ2) is 11.2. The van der Waals surface area contributed by atoms with E-state index in [0.717, 1.165) is 64.9 Å². The normalized spacial score (nSPS) is 21.1. The van der Waals surface area contributed by atoms with Gasteiger partial charge in [-0.2, -0.15) is 0 Å². The maximum Gasteiger partial charge on any atom is 0.191 e. The summed E-state index contributed by atoms with van der Waals surface area (Å²) >= 11 is 0. The molecule has 2 aliphatic rings. The average molecular weight is 422 g/mol. The molecule has 2 aliphatic heterocycles. The zero-order valence-electron chi connectivity index (χ0n) is 18.5. The molecule has 0 bridgehead atoms. The van der Waals surface area contributed by atoms with Crippen molar-refractivity contribution in [3.63, 3.8) is 0 Å². The van der Waals surface area contributed by atoms with Gasteiger partial charge < -0.3 is 20.3 Å². The highest BCUT2D eigenvalue weighted by molar-refractivity contribution is 5.80. The van der Waals surface area contributed by atoms with Gasteiger partial charge in [-0.1, -0.05) is 48.5 Å². The molecule has 6 heteroatoms. The van der Waals surface area contributed by atoms with E-state index in [1.807, 2.05) is 0 Å². The smallest absolute Gasteiger partial charge is 0.191 e. The number of nitrogens with one attached hydrogen (secondary N) is 2. The number of hydrogen-bond acceptors (Lipinski definition) is 4. The first kappa shape index (κ1) is 21.7. The quantitative estimate of drug-likeness (QED) is 0.532. The van der Waals surface area contributed by atoms with Gasteiger partial charge in [-0.3, -0.25) is 9.89 Å². The zero-order valence-corrected chi connectivity index (χ0v) is 18.5. The van der Waals surface area contributed by atoms with Crippen molar-refractivity contribution >= 4 is 11.6 Å². The van der Waals surface area contributed by atoms with Gasteiger partial charge in [0.05, 0.1) is 25.8 Å². The van der Waals surface area contributed by atoms with Gasteiger partial charge in [-0.15, -0.1) is 0 Å². The monoisotopic (exact) mass is 421 g/mol. The number of para-hydroxylation sites is 1. The zero-order chi connectivity index (χ0) is 21.3. The maximum atomic E-state index is 5.58. The molecule has 166 valence electrons. The van der Waals surface area contributed by atoms with Crippen LogP contribution >= 0.6 is 0 Å². The molecule has 0 radical (unpaired) electrons. The third-order valence-corrected chi connectivity index (χ3v) is 6.09. The van der Waals surface area contributed by atoms with Crippen molar-refractivity contribution in [2.45, 2.75) is 25.4 Å². The lowest BCUT2D eigenvalue weighted by Gasteiger charge is -2.34. The van der Waals surface area contributed by atoms with Crippen LogP contribution in [0.1, 0.15) is 24.9 Å². The number of hydrogen-bond donors (Lipinski definition) is 2. The van der Waals surface area contributed by atoms with E-state index in [4.69, 9.17) is 9.73 Å². The first-order chi connectivity index (χ1) is 15.3. The number of benzene rings is 2. The molecule has 6 nitrogen and oxygen atoms in total. The Labute approximate surface area is 186 Å². The molecule has 2 fully saturated rings. The van der Waals surface area contributed by atoms with Crippen LogP contribution in [-0.4, -0.2) is 69.4 Å². The minimum atomic E-state index is 0.268. The molecular formula is C25H35N5O. The molecule has 0 spiro atoms. The Morgan fingerprint density at radius 1 is 1.03 bits per heavy atom. The molecule has 2 heterocycles. The largest absolute Gasteiger partial charge is 0.379 e. The summed E-state index contributed by atoms with van der Waals surface area (Å²) in [6.45, 7) is 9.27. The summed E-state index contributed by atoms with van der Waals surface area (Å²) in [5, 5.41) is 7.13. The average Bonchev–Trinajstić information content (AvgIpc) is 3.30. The Hall–Kier alpha value is -2.57. The van der Waals surface area contributed by atoms with Crippen LogP contribution in [0.4, 0.5) is 5.69 Å². The summed E-state index contributed by atoms with van der Waals surface area (Å²) in [6.07, 6.45) is 1.12. The van der Waals surface area contributed by atoms with Crippen molar-refractivity contribution in [3.8, 4) is 0 Å².